The third-order valence-corrected chi connectivity index (χ3v) is 7.61. The van der Waals surface area contributed by atoms with E-state index in [1.165, 1.54) is 33.8 Å². The molecule has 2 aromatic heterocycles. The summed E-state index contributed by atoms with van der Waals surface area (Å²) in [6.45, 7) is 0. The number of thiazole rings is 1. The van der Waals surface area contributed by atoms with Crippen LogP contribution >= 0.6 is 59.9 Å². The fourth-order valence-electron chi connectivity index (χ4n) is 3.03. The highest BCUT2D eigenvalue weighted by atomic mass is 35.5. The zero-order valence-electron chi connectivity index (χ0n) is 15.8. The number of β-lactam (4-membered cyclic amide) rings is 1. The molecule has 17 heteroatoms. The van der Waals surface area contributed by atoms with E-state index in [-0.39, 0.29) is 34.6 Å². The average Bonchev–Trinajstić information content (AvgIpc) is 3.42. The molecule has 2 aliphatic rings. The molecule has 0 unspecified atom stereocenters. The first kappa shape index (κ1) is 24.4. The van der Waals surface area contributed by atoms with E-state index in [0.717, 1.165) is 16.9 Å². The van der Waals surface area contributed by atoms with Gasteiger partial charge in [-0.25, -0.2) is 4.98 Å². The molecule has 1 fully saturated rings. The van der Waals surface area contributed by atoms with Gasteiger partial charge in [-0.3, -0.25) is 19.3 Å². The molecule has 5 N–H and O–H groups in total. The Morgan fingerprint density at radius 3 is 2.88 bits per heavy atom. The fraction of sp³-hybridized carbons (Fsp3) is 0.267. The number of halogens is 1. The molecule has 4 rings (SSSR count). The minimum absolute atomic E-state index is 0. The molecule has 2 aliphatic heterocycles. The molecule has 0 aromatic carbocycles. The Morgan fingerprint density at radius 2 is 2.28 bits per heavy atom. The average molecular weight is 535 g/mol. The van der Waals surface area contributed by atoms with Crippen LogP contribution in [-0.2, 0) is 14.4 Å². The molecule has 0 radical (unpaired) electrons. The van der Waals surface area contributed by atoms with Gasteiger partial charge in [0.25, 0.3) is 11.8 Å². The lowest BCUT2D eigenvalue weighted by Gasteiger charge is -2.49. The summed E-state index contributed by atoms with van der Waals surface area (Å²) in [5.74, 6) is -0.332. The second-order valence-corrected chi connectivity index (χ2v) is 9.63. The van der Waals surface area contributed by atoms with Crippen molar-refractivity contribution in [2.45, 2.75) is 16.4 Å². The molecule has 4 heterocycles. The Morgan fingerprint density at radius 1 is 1.50 bits per heavy atom. The molecule has 12 nitrogen and oxygen atoms in total. The summed E-state index contributed by atoms with van der Waals surface area (Å²) in [5, 5.41) is 26.3. The standard InChI is InChI=1S/C15H14N8O4S4.ClH/c16-15-18-6(4-31-15)8(21-27)11(24)19-9-12(25)23-10(14(26)28)5(3-30-13(9)23)2-29-7-1-17-22-20-7;/h1,4,9,13,27H,2-3H2,(H2,16,18)(H,19,24)(H,26,28)(H,17,20,22);1H/b21-8-;/t9-,13-;/m1./s1. The maximum atomic E-state index is 12.8. The van der Waals surface area contributed by atoms with Crippen LogP contribution < -0.4 is 11.1 Å². The topological polar surface area (TPSA) is 180 Å². The van der Waals surface area contributed by atoms with Gasteiger partial charge in [-0.05, 0) is 5.57 Å². The monoisotopic (exact) mass is 534 g/mol. The number of hydrogen-bond acceptors (Lipinski definition) is 12. The first-order valence-corrected chi connectivity index (χ1v) is 11.9. The molecule has 0 aliphatic carbocycles. The SMILES string of the molecule is Cl.Nc1nc(/C(=N/O)C(=O)N[C@@H]2C(=O)N3C(C(=O)S)=C(CSc4cn[nH]n4)CS[C@H]23)cs1. The number of nitrogens with zero attached hydrogens (tertiary/aromatic N) is 5. The molecule has 2 atom stereocenters. The summed E-state index contributed by atoms with van der Waals surface area (Å²) in [4.78, 5) is 42.8. The van der Waals surface area contributed by atoms with Gasteiger partial charge in [-0.15, -0.1) is 40.6 Å². The Bertz CT molecular complexity index is 1100. The molecule has 0 spiro atoms. The zero-order chi connectivity index (χ0) is 22.1. The van der Waals surface area contributed by atoms with Gasteiger partial charge >= 0.3 is 0 Å². The van der Waals surface area contributed by atoms with Gasteiger partial charge in [0.15, 0.2) is 10.8 Å². The highest BCUT2D eigenvalue weighted by molar-refractivity contribution is 8.01. The van der Waals surface area contributed by atoms with Crippen LogP contribution in [-0.4, -0.2) is 76.1 Å². The van der Waals surface area contributed by atoms with Gasteiger partial charge in [0.1, 0.15) is 27.8 Å². The van der Waals surface area contributed by atoms with Crippen molar-refractivity contribution in [1.29, 1.82) is 0 Å². The number of rotatable bonds is 7. The quantitative estimate of drug-likeness (QED) is 0.0830. The lowest BCUT2D eigenvalue weighted by atomic mass is 10.0. The fourth-order valence-corrected chi connectivity index (χ4v) is 6.12. The highest BCUT2D eigenvalue weighted by Gasteiger charge is 2.53. The van der Waals surface area contributed by atoms with Crippen LogP contribution in [0.1, 0.15) is 5.69 Å². The number of aromatic amines is 1. The summed E-state index contributed by atoms with van der Waals surface area (Å²) in [6.07, 6.45) is 1.56. The number of hydrogen-bond donors (Lipinski definition) is 5. The highest BCUT2D eigenvalue weighted by Crippen LogP contribution is 2.42. The molecule has 32 heavy (non-hydrogen) atoms. The van der Waals surface area contributed by atoms with Crippen molar-refractivity contribution in [3.8, 4) is 0 Å². The number of nitrogen functional groups attached to an aromatic ring is 1. The van der Waals surface area contributed by atoms with E-state index in [1.807, 2.05) is 0 Å². The molecule has 1 saturated heterocycles. The zero-order valence-corrected chi connectivity index (χ0v) is 19.9. The van der Waals surface area contributed by atoms with E-state index in [2.05, 4.69) is 43.5 Å². The van der Waals surface area contributed by atoms with Crippen LogP contribution in [0, 0.1) is 0 Å². The van der Waals surface area contributed by atoms with E-state index < -0.39 is 28.3 Å². The van der Waals surface area contributed by atoms with Crippen LogP contribution in [0.3, 0.4) is 0 Å². The lowest BCUT2D eigenvalue weighted by Crippen LogP contribution is -2.71. The largest absolute Gasteiger partial charge is 0.410 e. The molecule has 0 bridgehead atoms. The maximum absolute atomic E-state index is 12.8. The number of carbonyl (C=O) groups is 3. The Balaban J connectivity index is 0.00000289. The predicted octanol–water partition coefficient (Wildman–Crippen LogP) is 0.346. The van der Waals surface area contributed by atoms with Crippen LogP contribution in [0.5, 0.6) is 0 Å². The summed E-state index contributed by atoms with van der Waals surface area (Å²) < 4.78 is 0. The van der Waals surface area contributed by atoms with Crippen molar-refractivity contribution >= 4 is 87.7 Å². The number of aromatic nitrogens is 4. The van der Waals surface area contributed by atoms with Crippen LogP contribution in [0.25, 0.3) is 0 Å². The third kappa shape index (κ3) is 4.59. The number of anilines is 1. The molecular weight excluding hydrogens is 520 g/mol. The number of nitrogens with one attached hydrogen (secondary N) is 2. The van der Waals surface area contributed by atoms with Crippen LogP contribution in [0.15, 0.2) is 33.0 Å². The van der Waals surface area contributed by atoms with Crippen LogP contribution in [0.4, 0.5) is 5.13 Å². The van der Waals surface area contributed by atoms with E-state index >= 15 is 0 Å². The first-order chi connectivity index (χ1) is 14.9. The van der Waals surface area contributed by atoms with E-state index in [4.69, 9.17) is 5.73 Å². The number of H-pyrrole nitrogens is 1. The maximum Gasteiger partial charge on any atom is 0.276 e. The van der Waals surface area contributed by atoms with Crippen molar-refractivity contribution in [2.24, 2.45) is 5.16 Å². The second-order valence-electron chi connectivity index (χ2n) is 6.23. The summed E-state index contributed by atoms with van der Waals surface area (Å²) in [7, 11) is 0. The lowest BCUT2D eigenvalue weighted by molar-refractivity contribution is -0.146. The number of thiol groups is 1. The smallest absolute Gasteiger partial charge is 0.276 e. The van der Waals surface area contributed by atoms with Gasteiger partial charge in [-0.1, -0.05) is 29.5 Å². The van der Waals surface area contributed by atoms with Gasteiger partial charge in [0, 0.05) is 16.9 Å². The van der Waals surface area contributed by atoms with Crippen molar-refractivity contribution in [3.63, 3.8) is 0 Å². The van der Waals surface area contributed by atoms with E-state index in [9.17, 15) is 19.6 Å². The minimum Gasteiger partial charge on any atom is -0.410 e. The Kier molecular flexibility index (Phi) is 7.71. The van der Waals surface area contributed by atoms with Crippen molar-refractivity contribution < 1.29 is 19.6 Å². The molecule has 0 saturated carbocycles. The first-order valence-electron chi connectivity index (χ1n) is 8.53. The van der Waals surface area contributed by atoms with Crippen molar-refractivity contribution in [2.75, 3.05) is 17.2 Å². The number of amides is 2. The third-order valence-electron chi connectivity index (χ3n) is 4.40. The number of nitrogens with two attached hydrogens (primary N) is 1. The Labute approximate surface area is 204 Å². The van der Waals surface area contributed by atoms with Crippen molar-refractivity contribution in [3.05, 3.63) is 28.5 Å². The predicted molar refractivity (Wildman–Crippen MR) is 125 cm³/mol. The summed E-state index contributed by atoms with van der Waals surface area (Å²) in [6, 6.07) is -0.891. The van der Waals surface area contributed by atoms with Gasteiger partial charge in [0.05, 0.1) is 6.20 Å². The molecule has 2 aromatic rings. The number of thioether (sulfide) groups is 2. The van der Waals surface area contributed by atoms with Crippen LogP contribution in [0.2, 0.25) is 0 Å². The number of fused-ring (bicyclic) bond motifs is 1. The minimum atomic E-state index is -0.891. The summed E-state index contributed by atoms with van der Waals surface area (Å²) in [5.41, 5.74) is 6.24. The van der Waals surface area contributed by atoms with E-state index in [1.54, 1.807) is 6.20 Å². The molecular formula is C15H15ClN8O4S4. The molecule has 2 amide bonds. The van der Waals surface area contributed by atoms with Gasteiger partial charge in [-0.2, -0.15) is 10.3 Å². The summed E-state index contributed by atoms with van der Waals surface area (Å²) >= 11 is 7.80. The van der Waals surface area contributed by atoms with Crippen molar-refractivity contribution in [1.82, 2.24) is 30.6 Å². The normalized spacial score (nSPS) is 20.3. The van der Waals surface area contributed by atoms with Gasteiger partial charge in [0.2, 0.25) is 5.12 Å². The van der Waals surface area contributed by atoms with E-state index in [0.29, 0.717) is 16.5 Å². The number of oxime groups is 1. The van der Waals surface area contributed by atoms with Gasteiger partial charge < -0.3 is 16.3 Å². The molecule has 170 valence electrons. The second kappa shape index (κ2) is 10.1. The number of carbonyl (C=O) groups excluding carboxylic acids is 3. The Hall–Kier alpha value is -2.27.